The monoisotopic (exact) mass is 366 g/mol. The highest BCUT2D eigenvalue weighted by Crippen LogP contribution is 2.38. The summed E-state index contributed by atoms with van der Waals surface area (Å²) in [5.74, 6) is 1.28. The van der Waals surface area contributed by atoms with Crippen molar-refractivity contribution in [2.75, 3.05) is 20.6 Å². The van der Waals surface area contributed by atoms with E-state index in [1.54, 1.807) is 12.4 Å². The van der Waals surface area contributed by atoms with Gasteiger partial charge in [-0.25, -0.2) is 0 Å². The zero-order valence-corrected chi connectivity index (χ0v) is 16.3. The molecule has 2 aromatic rings. The van der Waals surface area contributed by atoms with E-state index in [1.165, 1.54) is 12.8 Å². The van der Waals surface area contributed by atoms with Crippen LogP contribution in [0.15, 0.2) is 48.9 Å². The average molecular weight is 367 g/mol. The number of carbonyl (C=O) groups excluding carboxylic acids is 1. The molecule has 0 radical (unpaired) electrons. The molecular formula is C22H30N4O. The van der Waals surface area contributed by atoms with Gasteiger partial charge in [0, 0.05) is 25.1 Å². The van der Waals surface area contributed by atoms with Crippen LogP contribution in [0.2, 0.25) is 0 Å². The van der Waals surface area contributed by atoms with Crippen LogP contribution in [0.4, 0.5) is 0 Å². The van der Waals surface area contributed by atoms with Gasteiger partial charge in [-0.2, -0.15) is 0 Å². The Morgan fingerprint density at radius 3 is 2.59 bits per heavy atom. The van der Waals surface area contributed by atoms with Crippen LogP contribution in [0.25, 0.3) is 0 Å². The van der Waals surface area contributed by atoms with Crippen LogP contribution < -0.4 is 5.32 Å². The van der Waals surface area contributed by atoms with Crippen LogP contribution in [0, 0.1) is 11.8 Å². The molecule has 2 aromatic heterocycles. The summed E-state index contributed by atoms with van der Waals surface area (Å²) >= 11 is 0. The molecule has 5 nitrogen and oxygen atoms in total. The molecule has 1 amide bonds. The molecule has 0 unspecified atom stereocenters. The number of hydrogen-bond acceptors (Lipinski definition) is 4. The van der Waals surface area contributed by atoms with Crippen molar-refractivity contribution in [1.29, 1.82) is 0 Å². The lowest BCUT2D eigenvalue weighted by Crippen LogP contribution is -2.35. The maximum Gasteiger partial charge on any atom is 0.224 e. The van der Waals surface area contributed by atoms with Crippen molar-refractivity contribution >= 4 is 5.91 Å². The topological polar surface area (TPSA) is 58.1 Å². The van der Waals surface area contributed by atoms with Gasteiger partial charge in [0.15, 0.2) is 0 Å². The number of rotatable bonds is 7. The summed E-state index contributed by atoms with van der Waals surface area (Å²) in [6.45, 7) is 0.780. The third-order valence-electron chi connectivity index (χ3n) is 5.56. The molecule has 0 aliphatic heterocycles. The smallest absolute Gasteiger partial charge is 0.224 e. The second kappa shape index (κ2) is 9.60. The second-order valence-electron chi connectivity index (χ2n) is 7.79. The summed E-state index contributed by atoms with van der Waals surface area (Å²) in [6, 6.07) is 10.4. The van der Waals surface area contributed by atoms with Gasteiger partial charge < -0.3 is 10.2 Å². The van der Waals surface area contributed by atoms with Gasteiger partial charge in [-0.1, -0.05) is 12.1 Å². The van der Waals surface area contributed by atoms with E-state index in [2.05, 4.69) is 46.4 Å². The Kier molecular flexibility index (Phi) is 6.93. The summed E-state index contributed by atoms with van der Waals surface area (Å²) in [6.07, 6.45) is 10.5. The van der Waals surface area contributed by atoms with Gasteiger partial charge in [0.05, 0.1) is 18.2 Å². The molecule has 1 saturated carbocycles. The van der Waals surface area contributed by atoms with Crippen molar-refractivity contribution in [3.63, 3.8) is 0 Å². The zero-order valence-electron chi connectivity index (χ0n) is 16.3. The predicted octanol–water partition coefficient (Wildman–Crippen LogP) is 3.24. The molecule has 0 aromatic carbocycles. The second-order valence-corrected chi connectivity index (χ2v) is 7.79. The lowest BCUT2D eigenvalue weighted by Gasteiger charge is -2.37. The van der Waals surface area contributed by atoms with Crippen molar-refractivity contribution in [3.05, 3.63) is 60.2 Å². The Balaban J connectivity index is 1.46. The summed E-state index contributed by atoms with van der Waals surface area (Å²) < 4.78 is 0. The molecule has 1 aliphatic rings. The largest absolute Gasteiger partial charge is 0.356 e. The number of pyridine rings is 2. The number of aromatic nitrogens is 2. The normalized spacial score (nSPS) is 21.0. The fourth-order valence-corrected chi connectivity index (χ4v) is 4.20. The maximum atomic E-state index is 12.1. The quantitative estimate of drug-likeness (QED) is 0.817. The maximum absolute atomic E-state index is 12.1. The highest BCUT2D eigenvalue weighted by molar-refractivity contribution is 5.78. The number of nitrogens with one attached hydrogen (secondary N) is 1. The van der Waals surface area contributed by atoms with Crippen molar-refractivity contribution in [3.8, 4) is 0 Å². The number of carbonyl (C=O) groups is 1. The van der Waals surface area contributed by atoms with Gasteiger partial charge in [0.25, 0.3) is 0 Å². The first-order chi connectivity index (χ1) is 13.1. The van der Waals surface area contributed by atoms with E-state index in [1.807, 2.05) is 24.4 Å². The Labute approximate surface area is 162 Å². The lowest BCUT2D eigenvalue weighted by molar-refractivity contribution is -0.120. The van der Waals surface area contributed by atoms with Gasteiger partial charge in [-0.05, 0) is 75.4 Å². The van der Waals surface area contributed by atoms with E-state index >= 15 is 0 Å². The molecule has 144 valence electrons. The number of nitrogens with zero attached hydrogens (tertiary/aromatic N) is 3. The van der Waals surface area contributed by atoms with E-state index in [-0.39, 0.29) is 5.91 Å². The first-order valence-electron chi connectivity index (χ1n) is 9.86. The van der Waals surface area contributed by atoms with E-state index in [0.29, 0.717) is 24.3 Å². The highest BCUT2D eigenvalue weighted by atomic mass is 16.1. The van der Waals surface area contributed by atoms with Crippen molar-refractivity contribution < 1.29 is 4.79 Å². The van der Waals surface area contributed by atoms with E-state index in [0.717, 1.165) is 30.6 Å². The van der Waals surface area contributed by atoms with Gasteiger partial charge in [0.1, 0.15) is 0 Å². The first-order valence-corrected chi connectivity index (χ1v) is 9.86. The third kappa shape index (κ3) is 5.60. The van der Waals surface area contributed by atoms with Crippen LogP contribution in [0.3, 0.4) is 0 Å². The molecule has 1 N–H and O–H groups in total. The Hall–Kier alpha value is -2.27. The van der Waals surface area contributed by atoms with Crippen LogP contribution >= 0.6 is 0 Å². The molecule has 1 atom stereocenters. The molecule has 0 bridgehead atoms. The third-order valence-corrected chi connectivity index (χ3v) is 5.56. The summed E-state index contributed by atoms with van der Waals surface area (Å²) in [5.41, 5.74) is 2.12. The number of amides is 1. The molecule has 2 heterocycles. The molecule has 1 fully saturated rings. The van der Waals surface area contributed by atoms with Crippen LogP contribution in [-0.4, -0.2) is 41.4 Å². The Morgan fingerprint density at radius 1 is 1.15 bits per heavy atom. The SMILES string of the molecule is CN(C)[C@@H](c1ccccn1)C1CCC(CNC(=O)Cc2cccnc2)CC1. The van der Waals surface area contributed by atoms with Crippen LogP contribution in [-0.2, 0) is 11.2 Å². The average Bonchev–Trinajstić information content (AvgIpc) is 2.69. The van der Waals surface area contributed by atoms with Gasteiger partial charge in [-0.3, -0.25) is 14.8 Å². The van der Waals surface area contributed by atoms with Crippen LogP contribution in [0.1, 0.15) is 43.0 Å². The molecule has 27 heavy (non-hydrogen) atoms. The highest BCUT2D eigenvalue weighted by Gasteiger charge is 2.30. The first kappa shape index (κ1) is 19.5. The fraction of sp³-hybridized carbons (Fsp3) is 0.500. The summed E-state index contributed by atoms with van der Waals surface area (Å²) in [5, 5.41) is 3.11. The number of hydrogen-bond donors (Lipinski definition) is 1. The standard InChI is InChI=1S/C22H30N4O/c1-26(2)22(20-7-3-4-13-24-20)19-10-8-17(9-11-19)16-25-21(27)14-18-6-5-12-23-15-18/h3-7,12-13,15,17,19,22H,8-11,14,16H2,1-2H3,(H,25,27)/t17?,19?,22-/m1/s1. The molecule has 0 saturated heterocycles. The van der Waals surface area contributed by atoms with Crippen molar-refractivity contribution in [1.82, 2.24) is 20.2 Å². The van der Waals surface area contributed by atoms with Gasteiger partial charge in [-0.15, -0.1) is 0 Å². The lowest BCUT2D eigenvalue weighted by atomic mass is 9.77. The minimum Gasteiger partial charge on any atom is -0.356 e. The van der Waals surface area contributed by atoms with Gasteiger partial charge >= 0.3 is 0 Å². The Bertz CT molecular complexity index is 697. The minimum atomic E-state index is 0.0878. The molecular weight excluding hydrogens is 336 g/mol. The van der Waals surface area contributed by atoms with Crippen molar-refractivity contribution in [2.24, 2.45) is 11.8 Å². The predicted molar refractivity (Wildman–Crippen MR) is 107 cm³/mol. The molecule has 5 heteroatoms. The molecule has 1 aliphatic carbocycles. The van der Waals surface area contributed by atoms with Crippen molar-refractivity contribution in [2.45, 2.75) is 38.1 Å². The molecule has 0 spiro atoms. The van der Waals surface area contributed by atoms with Gasteiger partial charge in [0.2, 0.25) is 5.91 Å². The Morgan fingerprint density at radius 2 is 1.96 bits per heavy atom. The molecule has 3 rings (SSSR count). The van der Waals surface area contributed by atoms with E-state index in [9.17, 15) is 4.79 Å². The minimum absolute atomic E-state index is 0.0878. The van der Waals surface area contributed by atoms with E-state index in [4.69, 9.17) is 0 Å². The summed E-state index contributed by atoms with van der Waals surface area (Å²) in [7, 11) is 4.29. The van der Waals surface area contributed by atoms with E-state index < -0.39 is 0 Å². The van der Waals surface area contributed by atoms with Crippen LogP contribution in [0.5, 0.6) is 0 Å². The zero-order chi connectivity index (χ0) is 19.1. The summed E-state index contributed by atoms with van der Waals surface area (Å²) in [4.78, 5) is 23.1. The fourth-order valence-electron chi connectivity index (χ4n) is 4.20.